The van der Waals surface area contributed by atoms with Crippen molar-refractivity contribution in [1.29, 1.82) is 0 Å². The van der Waals surface area contributed by atoms with Crippen LogP contribution in [0, 0.1) is 11.3 Å². The number of ether oxygens (including phenoxy) is 3. The van der Waals surface area contributed by atoms with Gasteiger partial charge in [0.2, 0.25) is 0 Å². The molecule has 0 aliphatic carbocycles. The van der Waals surface area contributed by atoms with Crippen molar-refractivity contribution in [2.24, 2.45) is 11.3 Å². The highest BCUT2D eigenvalue weighted by Crippen LogP contribution is 2.34. The first kappa shape index (κ1) is 28.1. The summed E-state index contributed by atoms with van der Waals surface area (Å²) in [6.07, 6.45) is 3.35. The number of carbonyl (C=O) groups excluding carboxylic acids is 2. The summed E-state index contributed by atoms with van der Waals surface area (Å²) in [4.78, 5) is 22.1. The van der Waals surface area contributed by atoms with Crippen molar-refractivity contribution in [1.82, 2.24) is 0 Å². The molecule has 0 fully saturated rings. The molecule has 0 aliphatic rings. The third-order valence-electron chi connectivity index (χ3n) is 5.15. The number of aliphatic hydroxyl groups is 1. The van der Waals surface area contributed by atoms with Crippen molar-refractivity contribution in [3.8, 4) is 0 Å². The lowest BCUT2D eigenvalue weighted by Crippen LogP contribution is -2.39. The molecule has 1 rings (SSSR count). The van der Waals surface area contributed by atoms with Gasteiger partial charge < -0.3 is 19.3 Å². The summed E-state index contributed by atoms with van der Waals surface area (Å²) in [6.45, 7) is 10.3. The number of aliphatic hydroxyl groups excluding tert-OH is 1. The Balaban J connectivity index is 0.000000642. The Morgan fingerprint density at radius 1 is 1.07 bits per heavy atom. The van der Waals surface area contributed by atoms with Gasteiger partial charge in [-0.05, 0) is 49.5 Å². The second-order valence-corrected chi connectivity index (χ2v) is 8.68. The van der Waals surface area contributed by atoms with Crippen LogP contribution >= 0.6 is 0 Å². The number of hydrogen-bond donors (Lipinski definition) is 1. The van der Waals surface area contributed by atoms with Gasteiger partial charge in [-0.25, -0.2) is 4.79 Å². The molecule has 0 radical (unpaired) electrons. The summed E-state index contributed by atoms with van der Waals surface area (Å²) >= 11 is 0. The van der Waals surface area contributed by atoms with Crippen molar-refractivity contribution < 1.29 is 28.9 Å². The fourth-order valence-corrected chi connectivity index (χ4v) is 3.21. The predicted molar refractivity (Wildman–Crippen MR) is 118 cm³/mol. The summed E-state index contributed by atoms with van der Waals surface area (Å²) in [7, 11) is 2.92. The molecule has 0 saturated heterocycles. The molecule has 0 heterocycles. The van der Waals surface area contributed by atoms with Crippen LogP contribution in [0.3, 0.4) is 0 Å². The lowest BCUT2D eigenvalue weighted by molar-refractivity contribution is -0.165. The third-order valence-corrected chi connectivity index (χ3v) is 5.15. The maximum absolute atomic E-state index is 11.7. The molecule has 1 N–H and O–H groups in total. The summed E-state index contributed by atoms with van der Waals surface area (Å²) in [5.41, 5.74) is 0.261. The highest BCUT2D eigenvalue weighted by molar-refractivity contribution is 5.78. The summed E-state index contributed by atoms with van der Waals surface area (Å²) in [5.74, 6) is -0.0880. The molecule has 2 unspecified atom stereocenters. The molecule has 0 amide bonds. The van der Waals surface area contributed by atoms with Crippen molar-refractivity contribution in [2.45, 2.75) is 72.5 Å². The second-order valence-electron chi connectivity index (χ2n) is 8.68. The number of rotatable bonds is 11. The van der Waals surface area contributed by atoms with Gasteiger partial charge in [-0.1, -0.05) is 51.1 Å². The van der Waals surface area contributed by atoms with E-state index in [1.807, 2.05) is 30.3 Å². The van der Waals surface area contributed by atoms with Gasteiger partial charge in [0, 0.05) is 20.6 Å². The Morgan fingerprint density at radius 2 is 1.67 bits per heavy atom. The molecule has 0 saturated carbocycles. The monoisotopic (exact) mass is 424 g/mol. The van der Waals surface area contributed by atoms with Crippen LogP contribution in [0.5, 0.6) is 0 Å². The van der Waals surface area contributed by atoms with E-state index in [4.69, 9.17) is 19.3 Å². The van der Waals surface area contributed by atoms with Gasteiger partial charge in [0.05, 0.1) is 7.11 Å². The van der Waals surface area contributed by atoms with E-state index < -0.39 is 5.60 Å². The molecule has 172 valence electrons. The van der Waals surface area contributed by atoms with Crippen LogP contribution in [0.25, 0.3) is 0 Å². The molecule has 1 aromatic rings. The zero-order chi connectivity index (χ0) is 23.2. The highest BCUT2D eigenvalue weighted by atomic mass is 16.6. The zero-order valence-corrected chi connectivity index (χ0v) is 19.7. The molecule has 0 bridgehead atoms. The molecule has 0 aromatic heterocycles. The maximum Gasteiger partial charge on any atom is 0.337 e. The first-order chi connectivity index (χ1) is 14.0. The molecular formula is C24H40O6. The Morgan fingerprint density at radius 3 is 2.13 bits per heavy atom. The van der Waals surface area contributed by atoms with Gasteiger partial charge in [0.25, 0.3) is 0 Å². The minimum Gasteiger partial charge on any atom is -0.467 e. The molecule has 0 spiro atoms. The molecular weight excluding hydrogens is 384 g/mol. The summed E-state index contributed by atoms with van der Waals surface area (Å²) in [6, 6.07) is 9.60. The molecule has 6 heteroatoms. The van der Waals surface area contributed by atoms with Crippen LogP contribution < -0.4 is 0 Å². The van der Waals surface area contributed by atoms with Crippen molar-refractivity contribution in [2.75, 3.05) is 20.8 Å². The van der Waals surface area contributed by atoms with E-state index in [0.29, 0.717) is 18.9 Å². The second kappa shape index (κ2) is 14.1. The third kappa shape index (κ3) is 11.9. The van der Waals surface area contributed by atoms with Gasteiger partial charge in [0.15, 0.2) is 5.60 Å². The van der Waals surface area contributed by atoms with Crippen LogP contribution in [0.15, 0.2) is 30.3 Å². The first-order valence-electron chi connectivity index (χ1n) is 10.4. The quantitative estimate of drug-likeness (QED) is 0.526. The van der Waals surface area contributed by atoms with E-state index in [-0.39, 0.29) is 24.0 Å². The van der Waals surface area contributed by atoms with Crippen molar-refractivity contribution >= 4 is 11.9 Å². The molecule has 6 nitrogen and oxygen atoms in total. The minimum atomic E-state index is -0.869. The van der Waals surface area contributed by atoms with Gasteiger partial charge in [0.1, 0.15) is 6.61 Å². The topological polar surface area (TPSA) is 82.1 Å². The highest BCUT2D eigenvalue weighted by Gasteiger charge is 2.36. The number of hydrogen-bond acceptors (Lipinski definition) is 6. The molecule has 30 heavy (non-hydrogen) atoms. The van der Waals surface area contributed by atoms with Crippen LogP contribution in [0.1, 0.15) is 65.9 Å². The Labute approximate surface area is 181 Å². The van der Waals surface area contributed by atoms with E-state index in [0.717, 1.165) is 24.8 Å². The van der Waals surface area contributed by atoms with Gasteiger partial charge in [-0.15, -0.1) is 0 Å². The number of carbonyl (C=O) groups is 2. The molecule has 1 aromatic carbocycles. The standard InChI is InChI=1S/C15H30O4.C9H10O2/c1-12(7-10-16)11-14(2,3)8-9-15(4,19-6)13(17)18-5;1-8(10)11-7-9-5-3-2-4-6-9/h12,16H,7-11H2,1-6H3;2-6H,7H2,1H3. The lowest BCUT2D eigenvalue weighted by Gasteiger charge is -2.32. The fraction of sp³-hybridized carbons (Fsp3) is 0.667. The molecule has 0 aliphatic heterocycles. The van der Waals surface area contributed by atoms with Crippen LogP contribution in [-0.2, 0) is 30.4 Å². The molecule has 2 atom stereocenters. The average Bonchev–Trinajstić information content (AvgIpc) is 2.71. The number of benzene rings is 1. The lowest BCUT2D eigenvalue weighted by atomic mass is 9.77. The fourth-order valence-electron chi connectivity index (χ4n) is 3.21. The van der Waals surface area contributed by atoms with E-state index in [1.54, 1.807) is 6.92 Å². The Kier molecular flexibility index (Phi) is 13.2. The summed E-state index contributed by atoms with van der Waals surface area (Å²) in [5, 5.41) is 8.95. The smallest absolute Gasteiger partial charge is 0.337 e. The van der Waals surface area contributed by atoms with Crippen molar-refractivity contribution in [3.05, 3.63) is 35.9 Å². The normalized spacial score (nSPS) is 14.0. The van der Waals surface area contributed by atoms with E-state index in [9.17, 15) is 9.59 Å². The van der Waals surface area contributed by atoms with E-state index >= 15 is 0 Å². The van der Waals surface area contributed by atoms with Gasteiger partial charge >= 0.3 is 11.9 Å². The largest absolute Gasteiger partial charge is 0.467 e. The van der Waals surface area contributed by atoms with Crippen LogP contribution in [-0.4, -0.2) is 43.5 Å². The van der Waals surface area contributed by atoms with E-state index in [2.05, 4.69) is 20.8 Å². The minimum absolute atomic E-state index is 0.113. The van der Waals surface area contributed by atoms with Crippen LogP contribution in [0.4, 0.5) is 0 Å². The average molecular weight is 425 g/mol. The maximum atomic E-state index is 11.7. The number of methoxy groups -OCH3 is 2. The van der Waals surface area contributed by atoms with Crippen molar-refractivity contribution in [3.63, 3.8) is 0 Å². The van der Waals surface area contributed by atoms with Gasteiger partial charge in [-0.2, -0.15) is 0 Å². The SMILES string of the molecule is CC(=O)OCc1ccccc1.COC(=O)C(C)(CCC(C)(C)CC(C)CCO)OC. The Bertz CT molecular complexity index is 613. The number of esters is 2. The van der Waals surface area contributed by atoms with E-state index in [1.165, 1.54) is 21.1 Å². The summed E-state index contributed by atoms with van der Waals surface area (Å²) < 4.78 is 14.9. The first-order valence-corrected chi connectivity index (χ1v) is 10.4. The predicted octanol–water partition coefficient (Wildman–Crippen LogP) is 4.53. The zero-order valence-electron chi connectivity index (χ0n) is 19.7. The Hall–Kier alpha value is -1.92. The van der Waals surface area contributed by atoms with Crippen LogP contribution in [0.2, 0.25) is 0 Å². The van der Waals surface area contributed by atoms with Gasteiger partial charge in [-0.3, -0.25) is 4.79 Å².